The lowest BCUT2D eigenvalue weighted by Crippen LogP contribution is -2.19. The zero-order chi connectivity index (χ0) is 18.7. The van der Waals surface area contributed by atoms with Gasteiger partial charge >= 0.3 is 6.18 Å². The number of alkyl halides is 3. The Morgan fingerprint density at radius 2 is 2.08 bits per heavy atom. The molecule has 0 fully saturated rings. The fraction of sp³-hybridized carbons (Fsp3) is 0.312. The number of nitrogens with zero attached hydrogens (tertiary/aromatic N) is 2. The van der Waals surface area contributed by atoms with Gasteiger partial charge in [0.25, 0.3) is 0 Å². The number of benzene rings is 1. The summed E-state index contributed by atoms with van der Waals surface area (Å²) in [6.45, 7) is -0.404. The molecule has 138 valence electrons. The Bertz CT molecular complexity index is 826. The summed E-state index contributed by atoms with van der Waals surface area (Å²) in [6, 6.07) is 5.17. The third-order valence-electron chi connectivity index (χ3n) is 3.76. The number of nitrogens with one attached hydrogen (secondary N) is 3. The molecule has 26 heavy (non-hydrogen) atoms. The van der Waals surface area contributed by atoms with Crippen LogP contribution in [0.15, 0.2) is 24.4 Å². The molecule has 1 aliphatic rings. The van der Waals surface area contributed by atoms with Crippen molar-refractivity contribution in [1.29, 1.82) is 0 Å². The van der Waals surface area contributed by atoms with E-state index in [9.17, 15) is 18.0 Å². The molecule has 3 rings (SSSR count). The minimum atomic E-state index is -4.61. The van der Waals surface area contributed by atoms with Crippen molar-refractivity contribution in [3.8, 4) is 0 Å². The van der Waals surface area contributed by atoms with E-state index < -0.39 is 17.6 Å². The van der Waals surface area contributed by atoms with Gasteiger partial charge in [0.15, 0.2) is 0 Å². The highest BCUT2D eigenvalue weighted by atomic mass is 19.4. The van der Waals surface area contributed by atoms with Crippen LogP contribution in [-0.4, -0.2) is 34.1 Å². The van der Waals surface area contributed by atoms with Gasteiger partial charge in [-0.3, -0.25) is 4.79 Å². The molecule has 1 aromatic heterocycles. The van der Waals surface area contributed by atoms with E-state index in [4.69, 9.17) is 5.11 Å². The highest BCUT2D eigenvalue weighted by molar-refractivity contribution is 5.94. The van der Waals surface area contributed by atoms with Crippen LogP contribution < -0.4 is 16.0 Å². The average Bonchev–Trinajstić information content (AvgIpc) is 2.59. The van der Waals surface area contributed by atoms with Crippen LogP contribution in [0.1, 0.15) is 17.5 Å². The molecule has 1 aromatic carbocycles. The summed E-state index contributed by atoms with van der Waals surface area (Å²) in [5, 5.41) is 16.9. The van der Waals surface area contributed by atoms with Crippen LogP contribution in [0.4, 0.5) is 36.3 Å². The van der Waals surface area contributed by atoms with Crippen LogP contribution in [0.25, 0.3) is 0 Å². The predicted octanol–water partition coefficient (Wildman–Crippen LogP) is 2.53. The predicted molar refractivity (Wildman–Crippen MR) is 89.3 cm³/mol. The third-order valence-corrected chi connectivity index (χ3v) is 3.76. The minimum Gasteiger partial charge on any atom is -0.395 e. The summed E-state index contributed by atoms with van der Waals surface area (Å²) in [6.07, 6.45) is -2.97. The molecule has 7 nitrogen and oxygen atoms in total. The van der Waals surface area contributed by atoms with Crippen LogP contribution in [0.3, 0.4) is 0 Å². The van der Waals surface area contributed by atoms with E-state index in [0.717, 1.165) is 5.56 Å². The lowest BCUT2D eigenvalue weighted by molar-refractivity contribution is -0.137. The Morgan fingerprint density at radius 1 is 1.27 bits per heavy atom. The van der Waals surface area contributed by atoms with Crippen LogP contribution in [-0.2, 0) is 17.4 Å². The van der Waals surface area contributed by atoms with Crippen molar-refractivity contribution in [1.82, 2.24) is 9.97 Å². The number of aromatic nitrogens is 2. The molecule has 0 bridgehead atoms. The van der Waals surface area contributed by atoms with Gasteiger partial charge in [-0.25, -0.2) is 4.98 Å². The SMILES string of the molecule is O=C1CCc2cc(Nc3ncc(C(F)(F)F)c(NCCO)n3)ccc2N1. The number of aliphatic hydroxyl groups excluding tert-OH is 1. The Kier molecular flexibility index (Phi) is 4.94. The smallest absolute Gasteiger partial charge is 0.395 e. The zero-order valence-corrected chi connectivity index (χ0v) is 13.5. The largest absolute Gasteiger partial charge is 0.421 e. The van der Waals surface area contributed by atoms with Crippen molar-refractivity contribution < 1.29 is 23.1 Å². The van der Waals surface area contributed by atoms with Gasteiger partial charge in [-0.15, -0.1) is 0 Å². The summed E-state index contributed by atoms with van der Waals surface area (Å²) < 4.78 is 39.1. The standard InChI is InChI=1S/C16H16F3N5O2/c17-16(18,19)11-8-21-15(24-14(11)20-5-6-25)22-10-2-3-12-9(7-10)1-4-13(26)23-12/h2-3,7-8,25H,1,4-6H2,(H,23,26)(H2,20,21,22,24). The normalized spacial score (nSPS) is 13.8. The molecule has 1 amide bonds. The van der Waals surface area contributed by atoms with Gasteiger partial charge in [0, 0.05) is 30.5 Å². The topological polar surface area (TPSA) is 99.2 Å². The number of rotatable bonds is 5. The summed E-state index contributed by atoms with van der Waals surface area (Å²) in [7, 11) is 0. The van der Waals surface area contributed by atoms with E-state index in [2.05, 4.69) is 25.9 Å². The van der Waals surface area contributed by atoms with Crippen molar-refractivity contribution in [3.05, 3.63) is 35.5 Å². The van der Waals surface area contributed by atoms with E-state index >= 15 is 0 Å². The summed E-state index contributed by atoms with van der Waals surface area (Å²) in [4.78, 5) is 19.0. The molecule has 10 heteroatoms. The Balaban J connectivity index is 1.84. The van der Waals surface area contributed by atoms with Gasteiger partial charge in [0.05, 0.1) is 6.61 Å². The second-order valence-electron chi connectivity index (χ2n) is 5.65. The van der Waals surface area contributed by atoms with Crippen molar-refractivity contribution >= 4 is 29.0 Å². The highest BCUT2D eigenvalue weighted by Crippen LogP contribution is 2.34. The molecular formula is C16H16F3N5O2. The number of amides is 1. The van der Waals surface area contributed by atoms with Gasteiger partial charge in [-0.1, -0.05) is 0 Å². The first-order chi connectivity index (χ1) is 12.4. The summed E-state index contributed by atoms with van der Waals surface area (Å²) in [5.74, 6) is -0.476. The van der Waals surface area contributed by atoms with E-state index in [1.165, 1.54) is 0 Å². The molecule has 2 aromatic rings. The van der Waals surface area contributed by atoms with Crippen molar-refractivity contribution in [2.24, 2.45) is 0 Å². The first kappa shape index (κ1) is 17.9. The van der Waals surface area contributed by atoms with Crippen molar-refractivity contribution in [2.45, 2.75) is 19.0 Å². The molecule has 0 aliphatic carbocycles. The molecule has 0 spiro atoms. The molecule has 0 radical (unpaired) electrons. The second kappa shape index (κ2) is 7.16. The first-order valence-corrected chi connectivity index (χ1v) is 7.85. The number of carbonyl (C=O) groups excluding carboxylic acids is 1. The van der Waals surface area contributed by atoms with E-state index in [0.29, 0.717) is 30.4 Å². The van der Waals surface area contributed by atoms with Gasteiger partial charge in [0.2, 0.25) is 11.9 Å². The molecule has 0 unspecified atom stereocenters. The molecule has 1 aliphatic heterocycles. The zero-order valence-electron chi connectivity index (χ0n) is 13.5. The molecule has 0 saturated carbocycles. The highest BCUT2D eigenvalue weighted by Gasteiger charge is 2.35. The number of aryl methyl sites for hydroxylation is 1. The maximum Gasteiger partial charge on any atom is 0.421 e. The quantitative estimate of drug-likeness (QED) is 0.648. The fourth-order valence-electron chi connectivity index (χ4n) is 2.55. The Labute approximate surface area is 146 Å². The van der Waals surface area contributed by atoms with Gasteiger partial charge < -0.3 is 21.1 Å². The fourth-order valence-corrected chi connectivity index (χ4v) is 2.55. The number of aliphatic hydroxyl groups is 1. The maximum atomic E-state index is 13.0. The molecule has 0 atom stereocenters. The van der Waals surface area contributed by atoms with Crippen LogP contribution in [0.2, 0.25) is 0 Å². The van der Waals surface area contributed by atoms with Crippen LogP contribution >= 0.6 is 0 Å². The number of fused-ring (bicyclic) bond motifs is 1. The van der Waals surface area contributed by atoms with Gasteiger partial charge in [-0.2, -0.15) is 18.2 Å². The van der Waals surface area contributed by atoms with E-state index in [-0.39, 0.29) is 25.0 Å². The van der Waals surface area contributed by atoms with Crippen molar-refractivity contribution in [2.75, 3.05) is 29.1 Å². The van der Waals surface area contributed by atoms with E-state index in [1.54, 1.807) is 18.2 Å². The number of anilines is 4. The van der Waals surface area contributed by atoms with Crippen LogP contribution in [0.5, 0.6) is 0 Å². The molecule has 4 N–H and O–H groups in total. The van der Waals surface area contributed by atoms with Gasteiger partial charge in [0.1, 0.15) is 11.4 Å². The summed E-state index contributed by atoms with van der Waals surface area (Å²) in [5.41, 5.74) is 1.21. The van der Waals surface area contributed by atoms with Crippen molar-refractivity contribution in [3.63, 3.8) is 0 Å². The lowest BCUT2D eigenvalue weighted by atomic mass is 10.0. The van der Waals surface area contributed by atoms with Crippen LogP contribution in [0, 0.1) is 0 Å². The lowest BCUT2D eigenvalue weighted by Gasteiger charge is -2.18. The molecule has 0 saturated heterocycles. The minimum absolute atomic E-state index is 0.0155. The maximum absolute atomic E-state index is 13.0. The monoisotopic (exact) mass is 367 g/mol. The molecular weight excluding hydrogens is 351 g/mol. The number of halogens is 3. The average molecular weight is 367 g/mol. The number of hydrogen-bond donors (Lipinski definition) is 4. The number of hydrogen-bond acceptors (Lipinski definition) is 6. The third kappa shape index (κ3) is 4.02. The van der Waals surface area contributed by atoms with Gasteiger partial charge in [-0.05, 0) is 30.2 Å². The van der Waals surface area contributed by atoms with E-state index in [1.807, 2.05) is 0 Å². The second-order valence-corrected chi connectivity index (χ2v) is 5.65. The summed E-state index contributed by atoms with van der Waals surface area (Å²) >= 11 is 0. The Hall–Kier alpha value is -2.88. The first-order valence-electron chi connectivity index (χ1n) is 7.85. The molecule has 2 heterocycles. The Morgan fingerprint density at radius 3 is 2.81 bits per heavy atom. The number of carbonyl (C=O) groups is 1.